The minimum Gasteiger partial charge on any atom is -0.508 e. The summed E-state index contributed by atoms with van der Waals surface area (Å²) in [6.45, 7) is 7.02. The molecule has 1 heterocycles. The number of hydrogen-bond donors (Lipinski definition) is 3. The van der Waals surface area contributed by atoms with E-state index in [1.807, 2.05) is 49.7 Å². The molecular formula is C23H29N3O3S. The van der Waals surface area contributed by atoms with Crippen LogP contribution in [0.5, 0.6) is 17.2 Å². The fraction of sp³-hybridized carbons (Fsp3) is 0.348. The lowest BCUT2D eigenvalue weighted by atomic mass is 9.97. The standard InChI is InChI=1S/C23H29N3O3S/c1-6-9-25(4)18-10-15(7-8-22(18)29-5)26-19(13-24-23(26)30)17-11-16(14(2)3)20(27)12-21(17)28/h7-8,10-14,27-28H,6,9H2,1-5H3,(H,24,30). The zero-order chi connectivity index (χ0) is 22.0. The number of phenols is 2. The first-order valence-corrected chi connectivity index (χ1v) is 10.5. The van der Waals surface area contributed by atoms with Crippen molar-refractivity contribution in [1.82, 2.24) is 9.55 Å². The summed E-state index contributed by atoms with van der Waals surface area (Å²) >= 11 is 5.56. The number of nitrogens with zero attached hydrogens (tertiary/aromatic N) is 2. The Morgan fingerprint density at radius 3 is 2.53 bits per heavy atom. The van der Waals surface area contributed by atoms with E-state index >= 15 is 0 Å². The van der Waals surface area contributed by atoms with Gasteiger partial charge in [-0.05, 0) is 54.4 Å². The van der Waals surface area contributed by atoms with E-state index in [4.69, 9.17) is 17.0 Å². The maximum Gasteiger partial charge on any atom is 0.182 e. The van der Waals surface area contributed by atoms with Crippen molar-refractivity contribution in [2.24, 2.45) is 0 Å². The Balaban J connectivity index is 2.20. The summed E-state index contributed by atoms with van der Waals surface area (Å²) in [4.78, 5) is 5.23. The van der Waals surface area contributed by atoms with Gasteiger partial charge in [-0.3, -0.25) is 4.57 Å². The molecule has 6 nitrogen and oxygen atoms in total. The highest BCUT2D eigenvalue weighted by Gasteiger charge is 2.18. The lowest BCUT2D eigenvalue weighted by Gasteiger charge is -2.22. The first-order chi connectivity index (χ1) is 14.3. The van der Waals surface area contributed by atoms with Gasteiger partial charge in [0.15, 0.2) is 4.77 Å². The van der Waals surface area contributed by atoms with E-state index in [-0.39, 0.29) is 17.4 Å². The molecule has 0 amide bonds. The zero-order valence-corrected chi connectivity index (χ0v) is 18.9. The molecule has 0 aliphatic carbocycles. The van der Waals surface area contributed by atoms with Gasteiger partial charge in [0, 0.05) is 31.4 Å². The molecule has 2 aromatic carbocycles. The van der Waals surface area contributed by atoms with Gasteiger partial charge in [-0.15, -0.1) is 0 Å². The van der Waals surface area contributed by atoms with Crippen LogP contribution in [-0.4, -0.2) is 40.5 Å². The Labute approximate surface area is 182 Å². The molecule has 3 rings (SSSR count). The van der Waals surface area contributed by atoms with Crippen LogP contribution in [0.3, 0.4) is 0 Å². The van der Waals surface area contributed by atoms with Gasteiger partial charge in [-0.2, -0.15) is 0 Å². The van der Waals surface area contributed by atoms with Crippen LogP contribution in [0.2, 0.25) is 0 Å². The highest BCUT2D eigenvalue weighted by Crippen LogP contribution is 2.39. The summed E-state index contributed by atoms with van der Waals surface area (Å²) in [6.07, 6.45) is 2.79. The molecule has 0 unspecified atom stereocenters. The van der Waals surface area contributed by atoms with Crippen molar-refractivity contribution >= 4 is 17.9 Å². The van der Waals surface area contributed by atoms with Crippen LogP contribution in [-0.2, 0) is 0 Å². The normalized spacial score (nSPS) is 11.1. The Bertz CT molecular complexity index is 1100. The highest BCUT2D eigenvalue weighted by molar-refractivity contribution is 7.71. The number of aromatic nitrogens is 2. The largest absolute Gasteiger partial charge is 0.508 e. The van der Waals surface area contributed by atoms with Crippen molar-refractivity contribution in [2.45, 2.75) is 33.1 Å². The second-order valence-electron chi connectivity index (χ2n) is 7.68. The van der Waals surface area contributed by atoms with Crippen LogP contribution >= 0.6 is 12.2 Å². The van der Waals surface area contributed by atoms with Crippen LogP contribution < -0.4 is 9.64 Å². The predicted octanol–water partition coefficient (Wildman–Crippen LogP) is 5.59. The molecular weight excluding hydrogens is 398 g/mol. The number of imidazole rings is 1. The number of aromatic amines is 1. The number of benzene rings is 2. The molecule has 0 atom stereocenters. The van der Waals surface area contributed by atoms with E-state index in [1.54, 1.807) is 13.3 Å². The number of rotatable bonds is 7. The minimum atomic E-state index is -0.00325. The topological polar surface area (TPSA) is 73.6 Å². The summed E-state index contributed by atoms with van der Waals surface area (Å²) in [5, 5.41) is 20.8. The van der Waals surface area contributed by atoms with E-state index in [0.29, 0.717) is 16.0 Å². The van der Waals surface area contributed by atoms with E-state index in [9.17, 15) is 10.2 Å². The molecule has 0 fully saturated rings. The Kier molecular flexibility index (Phi) is 6.41. The number of ether oxygens (including phenoxy) is 1. The van der Waals surface area contributed by atoms with Crippen molar-refractivity contribution in [3.8, 4) is 34.2 Å². The highest BCUT2D eigenvalue weighted by atomic mass is 32.1. The molecule has 0 bridgehead atoms. The zero-order valence-electron chi connectivity index (χ0n) is 18.1. The molecule has 3 aromatic rings. The number of methoxy groups -OCH3 is 1. The molecule has 160 valence electrons. The molecule has 0 saturated carbocycles. The van der Waals surface area contributed by atoms with Crippen molar-refractivity contribution in [3.63, 3.8) is 0 Å². The summed E-state index contributed by atoms with van der Waals surface area (Å²) in [5.41, 5.74) is 3.90. The number of anilines is 1. The third-order valence-corrected chi connectivity index (χ3v) is 5.51. The second-order valence-corrected chi connectivity index (χ2v) is 8.06. The Morgan fingerprint density at radius 1 is 1.17 bits per heavy atom. The lowest BCUT2D eigenvalue weighted by Crippen LogP contribution is -2.18. The average Bonchev–Trinajstić information content (AvgIpc) is 3.08. The smallest absolute Gasteiger partial charge is 0.182 e. The predicted molar refractivity (Wildman–Crippen MR) is 124 cm³/mol. The second kappa shape index (κ2) is 8.83. The quantitative estimate of drug-likeness (QED) is 0.429. The summed E-state index contributed by atoms with van der Waals surface area (Å²) < 4.78 is 7.95. The summed E-state index contributed by atoms with van der Waals surface area (Å²) in [6, 6.07) is 9.10. The number of H-pyrrole nitrogens is 1. The summed E-state index contributed by atoms with van der Waals surface area (Å²) in [7, 11) is 3.69. The van der Waals surface area contributed by atoms with Crippen LogP contribution in [0, 0.1) is 4.77 Å². The van der Waals surface area contributed by atoms with Crippen molar-refractivity contribution < 1.29 is 14.9 Å². The Morgan fingerprint density at radius 2 is 1.90 bits per heavy atom. The van der Waals surface area contributed by atoms with Gasteiger partial charge >= 0.3 is 0 Å². The minimum absolute atomic E-state index is 0.00325. The maximum atomic E-state index is 10.6. The molecule has 3 N–H and O–H groups in total. The fourth-order valence-corrected chi connectivity index (χ4v) is 3.92. The van der Waals surface area contributed by atoms with Gasteiger partial charge in [-0.25, -0.2) is 0 Å². The van der Waals surface area contributed by atoms with Crippen LogP contribution in [0.4, 0.5) is 5.69 Å². The van der Waals surface area contributed by atoms with Crippen LogP contribution in [0.1, 0.15) is 38.7 Å². The SMILES string of the molecule is CCCN(C)c1cc(-n2c(-c3cc(C(C)C)c(O)cc3O)c[nH]c2=S)ccc1OC. The average molecular weight is 428 g/mol. The maximum absolute atomic E-state index is 10.6. The third kappa shape index (κ3) is 4.03. The first kappa shape index (κ1) is 21.8. The monoisotopic (exact) mass is 427 g/mol. The van der Waals surface area contributed by atoms with Gasteiger partial charge in [0.2, 0.25) is 0 Å². The van der Waals surface area contributed by atoms with E-state index in [1.165, 1.54) is 6.07 Å². The van der Waals surface area contributed by atoms with Gasteiger partial charge in [0.1, 0.15) is 17.2 Å². The molecule has 30 heavy (non-hydrogen) atoms. The van der Waals surface area contributed by atoms with Gasteiger partial charge in [0.05, 0.1) is 24.2 Å². The Hall–Kier alpha value is -2.93. The number of hydrogen-bond acceptors (Lipinski definition) is 5. The third-order valence-electron chi connectivity index (χ3n) is 5.21. The molecule has 0 radical (unpaired) electrons. The van der Waals surface area contributed by atoms with E-state index in [2.05, 4.69) is 16.8 Å². The van der Waals surface area contributed by atoms with E-state index < -0.39 is 0 Å². The van der Waals surface area contributed by atoms with Gasteiger partial charge in [0.25, 0.3) is 0 Å². The molecule has 0 spiro atoms. The van der Waals surface area contributed by atoms with Crippen molar-refractivity contribution in [3.05, 3.63) is 46.9 Å². The number of nitrogens with one attached hydrogen (secondary N) is 1. The molecule has 7 heteroatoms. The first-order valence-electron chi connectivity index (χ1n) is 10.0. The fourth-order valence-electron chi connectivity index (χ4n) is 3.66. The lowest BCUT2D eigenvalue weighted by molar-refractivity contribution is 0.414. The molecule has 1 aromatic heterocycles. The molecule has 0 saturated heterocycles. The van der Waals surface area contributed by atoms with E-state index in [0.717, 1.165) is 35.7 Å². The van der Waals surface area contributed by atoms with Crippen molar-refractivity contribution in [1.29, 1.82) is 0 Å². The van der Waals surface area contributed by atoms with Gasteiger partial charge < -0.3 is 24.8 Å². The number of aromatic hydroxyl groups is 2. The number of phenolic OH excluding ortho intramolecular Hbond substituents is 2. The van der Waals surface area contributed by atoms with Gasteiger partial charge in [-0.1, -0.05) is 20.8 Å². The van der Waals surface area contributed by atoms with Crippen molar-refractivity contribution in [2.75, 3.05) is 25.6 Å². The molecule has 0 aliphatic rings. The van der Waals surface area contributed by atoms with Crippen LogP contribution in [0.25, 0.3) is 16.9 Å². The van der Waals surface area contributed by atoms with Crippen LogP contribution in [0.15, 0.2) is 36.5 Å². The molecule has 0 aliphatic heterocycles. The summed E-state index contributed by atoms with van der Waals surface area (Å²) in [5.74, 6) is 0.971.